The summed E-state index contributed by atoms with van der Waals surface area (Å²) in [5.74, 6) is 3.40. The monoisotopic (exact) mass is 273 g/mol. The molecule has 0 saturated carbocycles. The van der Waals surface area contributed by atoms with Crippen LogP contribution in [0.15, 0.2) is 12.1 Å². The van der Waals surface area contributed by atoms with Gasteiger partial charge in [0.15, 0.2) is 11.5 Å². The van der Waals surface area contributed by atoms with E-state index >= 15 is 0 Å². The zero-order valence-corrected chi connectivity index (χ0v) is 11.4. The largest absolute Gasteiger partial charge is 0.489 e. The van der Waals surface area contributed by atoms with Crippen molar-refractivity contribution in [1.29, 1.82) is 0 Å². The normalized spacial score (nSPS) is 22.1. The maximum atomic E-state index is 5.72. The Morgan fingerprint density at radius 2 is 2.05 bits per heavy atom. The first-order chi connectivity index (χ1) is 9.88. The van der Waals surface area contributed by atoms with E-state index in [1.807, 2.05) is 12.1 Å². The van der Waals surface area contributed by atoms with Gasteiger partial charge in [0.25, 0.3) is 0 Å². The van der Waals surface area contributed by atoms with E-state index in [0.717, 1.165) is 54.3 Å². The van der Waals surface area contributed by atoms with Crippen LogP contribution in [0.3, 0.4) is 0 Å². The van der Waals surface area contributed by atoms with Crippen molar-refractivity contribution in [3.05, 3.63) is 18.0 Å². The molecule has 1 aromatic heterocycles. The van der Waals surface area contributed by atoms with Gasteiger partial charge in [-0.3, -0.25) is 0 Å². The summed E-state index contributed by atoms with van der Waals surface area (Å²) < 4.78 is 11.4. The molecule has 3 heterocycles. The van der Waals surface area contributed by atoms with Crippen LogP contribution in [0.5, 0.6) is 11.5 Å². The third-order valence-corrected chi connectivity index (χ3v) is 4.04. The number of imidazole rings is 1. The number of rotatable bonds is 2. The van der Waals surface area contributed by atoms with Gasteiger partial charge in [-0.05, 0) is 25.4 Å². The van der Waals surface area contributed by atoms with E-state index in [2.05, 4.69) is 10.3 Å². The molecule has 20 heavy (non-hydrogen) atoms. The van der Waals surface area contributed by atoms with Crippen molar-refractivity contribution in [2.45, 2.75) is 19.3 Å². The topological polar surface area (TPSA) is 59.2 Å². The Hall–Kier alpha value is -1.75. The molecule has 1 fully saturated rings. The maximum absolute atomic E-state index is 5.72. The Morgan fingerprint density at radius 1 is 1.20 bits per heavy atom. The lowest BCUT2D eigenvalue weighted by molar-refractivity contribution is 0.297. The summed E-state index contributed by atoms with van der Waals surface area (Å²) in [4.78, 5) is 8.11. The van der Waals surface area contributed by atoms with Crippen LogP contribution in [0.2, 0.25) is 0 Å². The van der Waals surface area contributed by atoms with Gasteiger partial charge in [-0.2, -0.15) is 0 Å². The summed E-state index contributed by atoms with van der Waals surface area (Å²) in [6.45, 7) is 3.65. The second-order valence-corrected chi connectivity index (χ2v) is 5.61. The third-order valence-electron chi connectivity index (χ3n) is 4.04. The predicted molar refractivity (Wildman–Crippen MR) is 76.4 cm³/mol. The van der Waals surface area contributed by atoms with Crippen molar-refractivity contribution < 1.29 is 9.47 Å². The quantitative estimate of drug-likeness (QED) is 0.877. The van der Waals surface area contributed by atoms with Crippen LogP contribution >= 0.6 is 0 Å². The molecule has 0 aliphatic carbocycles. The highest BCUT2D eigenvalue weighted by Crippen LogP contribution is 2.33. The second kappa shape index (κ2) is 4.98. The van der Waals surface area contributed by atoms with Crippen LogP contribution < -0.4 is 14.8 Å². The van der Waals surface area contributed by atoms with E-state index in [1.54, 1.807) is 0 Å². The molecule has 5 heteroatoms. The molecule has 2 aliphatic rings. The molecular formula is C15H19N3O2. The number of nitrogens with zero attached hydrogens (tertiary/aromatic N) is 1. The summed E-state index contributed by atoms with van der Waals surface area (Å²) >= 11 is 0. The van der Waals surface area contributed by atoms with E-state index in [1.165, 1.54) is 6.42 Å². The van der Waals surface area contributed by atoms with Gasteiger partial charge in [-0.1, -0.05) is 0 Å². The molecule has 0 amide bonds. The predicted octanol–water partition coefficient (Wildman–Crippen LogP) is 1.88. The Balaban J connectivity index is 1.65. The lowest BCUT2D eigenvalue weighted by Gasteiger charge is -2.05. The van der Waals surface area contributed by atoms with E-state index in [0.29, 0.717) is 19.1 Å². The zero-order valence-electron chi connectivity index (χ0n) is 11.4. The number of hydrogen-bond donors (Lipinski definition) is 2. The number of aromatic amines is 1. The Morgan fingerprint density at radius 3 is 2.85 bits per heavy atom. The van der Waals surface area contributed by atoms with E-state index < -0.39 is 0 Å². The van der Waals surface area contributed by atoms with Gasteiger partial charge in [0, 0.05) is 25.0 Å². The average molecular weight is 273 g/mol. The minimum atomic E-state index is 0.695. The molecule has 0 bridgehead atoms. The minimum absolute atomic E-state index is 0.695. The molecule has 5 nitrogen and oxygen atoms in total. The summed E-state index contributed by atoms with van der Waals surface area (Å²) in [5.41, 5.74) is 2.01. The van der Waals surface area contributed by atoms with Crippen LogP contribution in [0, 0.1) is 5.92 Å². The van der Waals surface area contributed by atoms with Gasteiger partial charge in [-0.15, -0.1) is 0 Å². The van der Waals surface area contributed by atoms with Crippen LogP contribution in [-0.4, -0.2) is 36.3 Å². The third kappa shape index (κ3) is 2.22. The average Bonchev–Trinajstić information content (AvgIpc) is 3.01. The Labute approximate surface area is 117 Å². The first kappa shape index (κ1) is 12.0. The number of aromatic nitrogens is 2. The minimum Gasteiger partial charge on any atom is -0.489 e. The smallest absolute Gasteiger partial charge is 0.163 e. The van der Waals surface area contributed by atoms with E-state index in [4.69, 9.17) is 14.5 Å². The molecule has 2 aromatic rings. The molecule has 0 spiro atoms. The fourth-order valence-corrected chi connectivity index (χ4v) is 2.98. The lowest BCUT2D eigenvalue weighted by Crippen LogP contribution is -2.11. The number of ether oxygens (including phenoxy) is 2. The molecule has 1 aromatic carbocycles. The highest BCUT2D eigenvalue weighted by molar-refractivity contribution is 5.79. The van der Waals surface area contributed by atoms with Crippen LogP contribution in [0.1, 0.15) is 18.7 Å². The number of fused-ring (bicyclic) bond motifs is 2. The van der Waals surface area contributed by atoms with Gasteiger partial charge in [0.05, 0.1) is 24.2 Å². The molecule has 2 aliphatic heterocycles. The lowest BCUT2D eigenvalue weighted by atomic mass is 10.1. The molecule has 2 N–H and O–H groups in total. The van der Waals surface area contributed by atoms with Crippen molar-refractivity contribution in [3.63, 3.8) is 0 Å². The van der Waals surface area contributed by atoms with Crippen molar-refractivity contribution in [2.24, 2.45) is 5.92 Å². The highest BCUT2D eigenvalue weighted by atomic mass is 16.5. The summed E-state index contributed by atoms with van der Waals surface area (Å²) in [7, 11) is 0. The van der Waals surface area contributed by atoms with Crippen molar-refractivity contribution in [3.8, 4) is 11.5 Å². The standard InChI is InChI=1S/C15H19N3O2/c1-4-19-13-7-11-12(8-14(13)20-5-1)18-15(17-11)6-10-2-3-16-9-10/h7-8,10,16H,1-6,9H2,(H,17,18). The summed E-state index contributed by atoms with van der Waals surface area (Å²) in [5, 5.41) is 3.40. The van der Waals surface area contributed by atoms with E-state index in [-0.39, 0.29) is 0 Å². The molecule has 1 unspecified atom stereocenters. The van der Waals surface area contributed by atoms with Gasteiger partial charge in [0.1, 0.15) is 5.82 Å². The molecule has 4 rings (SSSR count). The molecule has 1 saturated heterocycles. The zero-order chi connectivity index (χ0) is 13.4. The SMILES string of the molecule is c1c2c(cc3[nH]c(CC4CCNC4)nc13)OCCCO2. The maximum Gasteiger partial charge on any atom is 0.163 e. The first-order valence-electron chi connectivity index (χ1n) is 7.37. The van der Waals surface area contributed by atoms with Crippen LogP contribution in [-0.2, 0) is 6.42 Å². The van der Waals surface area contributed by atoms with Crippen LogP contribution in [0.4, 0.5) is 0 Å². The molecule has 0 radical (unpaired) electrons. The Kier molecular flexibility index (Phi) is 2.99. The number of hydrogen-bond acceptors (Lipinski definition) is 4. The summed E-state index contributed by atoms with van der Waals surface area (Å²) in [6, 6.07) is 4.00. The van der Waals surface area contributed by atoms with Crippen molar-refractivity contribution >= 4 is 11.0 Å². The van der Waals surface area contributed by atoms with Gasteiger partial charge in [0.2, 0.25) is 0 Å². The molecule has 1 atom stereocenters. The molecular weight excluding hydrogens is 254 g/mol. The van der Waals surface area contributed by atoms with Gasteiger partial charge < -0.3 is 19.8 Å². The Bertz CT molecular complexity index is 574. The second-order valence-electron chi connectivity index (χ2n) is 5.61. The highest BCUT2D eigenvalue weighted by Gasteiger charge is 2.18. The number of benzene rings is 1. The van der Waals surface area contributed by atoms with Crippen molar-refractivity contribution in [2.75, 3.05) is 26.3 Å². The van der Waals surface area contributed by atoms with Crippen molar-refractivity contribution in [1.82, 2.24) is 15.3 Å². The first-order valence-corrected chi connectivity index (χ1v) is 7.37. The van der Waals surface area contributed by atoms with E-state index in [9.17, 15) is 0 Å². The van der Waals surface area contributed by atoms with Gasteiger partial charge in [-0.25, -0.2) is 4.98 Å². The number of H-pyrrole nitrogens is 1. The number of nitrogens with one attached hydrogen (secondary N) is 2. The fraction of sp³-hybridized carbons (Fsp3) is 0.533. The van der Waals surface area contributed by atoms with Gasteiger partial charge >= 0.3 is 0 Å². The molecule has 106 valence electrons. The van der Waals surface area contributed by atoms with Crippen LogP contribution in [0.25, 0.3) is 11.0 Å². The summed E-state index contributed by atoms with van der Waals surface area (Å²) in [6.07, 6.45) is 3.17. The fourth-order valence-electron chi connectivity index (χ4n) is 2.98.